The van der Waals surface area contributed by atoms with E-state index in [9.17, 15) is 9.59 Å². The van der Waals surface area contributed by atoms with Crippen molar-refractivity contribution in [2.45, 2.75) is 39.0 Å². The molecule has 1 N–H and O–H groups in total. The summed E-state index contributed by atoms with van der Waals surface area (Å²) in [5.41, 5.74) is 5.56. The fourth-order valence-electron chi connectivity index (χ4n) is 3.28. The molecular weight excluding hydrogens is 334 g/mol. The highest BCUT2D eigenvalue weighted by molar-refractivity contribution is 7.18. The first-order valence-corrected chi connectivity index (χ1v) is 9.40. The molecule has 0 unspecified atom stereocenters. The Balaban J connectivity index is 1.63. The number of nitrogens with one attached hydrogen (secondary N) is 1. The zero-order chi connectivity index (χ0) is 17.4. The first-order valence-electron chi connectivity index (χ1n) is 8.59. The van der Waals surface area contributed by atoms with Crippen LogP contribution in [0, 0.1) is 0 Å². The van der Waals surface area contributed by atoms with Crippen LogP contribution in [-0.2, 0) is 19.3 Å². The third-order valence-corrected chi connectivity index (χ3v) is 5.87. The van der Waals surface area contributed by atoms with Crippen molar-refractivity contribution >= 4 is 27.5 Å². The van der Waals surface area contributed by atoms with Crippen molar-refractivity contribution in [3.8, 4) is 0 Å². The lowest BCUT2D eigenvalue weighted by molar-refractivity contribution is 0.101. The Kier molecular flexibility index (Phi) is 4.13. The number of carbonyl (C=O) groups is 1. The lowest BCUT2D eigenvalue weighted by Gasteiger charge is -2.16. The minimum Gasteiger partial charge on any atom is -0.267 e. The number of amides is 1. The van der Waals surface area contributed by atoms with Crippen LogP contribution in [0.2, 0.25) is 0 Å². The first-order chi connectivity index (χ1) is 12.2. The Hall–Kier alpha value is -2.47. The van der Waals surface area contributed by atoms with Crippen LogP contribution in [0.3, 0.4) is 0 Å². The summed E-state index contributed by atoms with van der Waals surface area (Å²) in [5, 5.41) is 0.551. The van der Waals surface area contributed by atoms with Gasteiger partial charge in [0.25, 0.3) is 11.5 Å². The molecule has 5 nitrogen and oxygen atoms in total. The average Bonchev–Trinajstić information content (AvgIpc) is 3.08. The van der Waals surface area contributed by atoms with E-state index in [1.807, 2.05) is 31.2 Å². The Labute approximate surface area is 149 Å². The second-order valence-corrected chi connectivity index (χ2v) is 7.45. The van der Waals surface area contributed by atoms with E-state index in [2.05, 4.69) is 10.4 Å². The highest BCUT2D eigenvalue weighted by Crippen LogP contribution is 2.23. The molecule has 0 atom stereocenters. The van der Waals surface area contributed by atoms with Gasteiger partial charge in [0, 0.05) is 10.4 Å². The topological polar surface area (TPSA) is 64.0 Å². The SMILES string of the molecule is CCc1cc2c(=O)n(NC(=O)c3ccc4c(c3)CCCC4)cnc2s1. The Bertz CT molecular complexity index is 1020. The first kappa shape index (κ1) is 16.0. The summed E-state index contributed by atoms with van der Waals surface area (Å²) < 4.78 is 1.18. The zero-order valence-corrected chi connectivity index (χ0v) is 14.9. The molecule has 3 aromatic rings. The number of aromatic nitrogens is 2. The van der Waals surface area contributed by atoms with Gasteiger partial charge in [-0.1, -0.05) is 13.0 Å². The smallest absolute Gasteiger partial charge is 0.267 e. The largest absolute Gasteiger partial charge is 0.280 e. The standard InChI is InChI=1S/C19H19N3O2S/c1-2-15-10-16-18(25-15)20-11-22(19(16)24)21-17(23)14-8-7-12-5-3-4-6-13(12)9-14/h7-11H,2-6H2,1H3,(H,21,23). The van der Waals surface area contributed by atoms with Crippen molar-refractivity contribution in [2.24, 2.45) is 0 Å². The molecule has 1 aliphatic carbocycles. The van der Waals surface area contributed by atoms with Gasteiger partial charge in [-0.05, 0) is 61.4 Å². The van der Waals surface area contributed by atoms with E-state index in [4.69, 9.17) is 0 Å². The summed E-state index contributed by atoms with van der Waals surface area (Å²) in [6, 6.07) is 7.66. The number of fused-ring (bicyclic) bond motifs is 2. The lowest BCUT2D eigenvalue weighted by atomic mass is 9.90. The third-order valence-electron chi connectivity index (χ3n) is 4.68. The molecule has 128 valence electrons. The minimum atomic E-state index is -0.289. The number of hydrogen-bond acceptors (Lipinski definition) is 4. The number of benzene rings is 1. The van der Waals surface area contributed by atoms with E-state index < -0.39 is 0 Å². The van der Waals surface area contributed by atoms with Crippen LogP contribution < -0.4 is 11.0 Å². The molecule has 1 aliphatic rings. The third kappa shape index (κ3) is 2.98. The predicted octanol–water partition coefficient (Wildman–Crippen LogP) is 3.28. The van der Waals surface area contributed by atoms with E-state index in [-0.39, 0.29) is 11.5 Å². The molecule has 0 fully saturated rings. The average molecular weight is 353 g/mol. The van der Waals surface area contributed by atoms with E-state index in [0.29, 0.717) is 15.8 Å². The maximum absolute atomic E-state index is 12.6. The van der Waals surface area contributed by atoms with Crippen LogP contribution in [-0.4, -0.2) is 15.6 Å². The molecule has 4 rings (SSSR count). The summed E-state index contributed by atoms with van der Waals surface area (Å²) >= 11 is 1.51. The normalized spacial score (nSPS) is 13.6. The van der Waals surface area contributed by atoms with Gasteiger partial charge in [-0.3, -0.25) is 15.0 Å². The van der Waals surface area contributed by atoms with Crippen molar-refractivity contribution < 1.29 is 4.79 Å². The van der Waals surface area contributed by atoms with Crippen LogP contribution in [0.4, 0.5) is 0 Å². The summed E-state index contributed by atoms with van der Waals surface area (Å²) in [4.78, 5) is 31.2. The van der Waals surface area contributed by atoms with Gasteiger partial charge >= 0.3 is 0 Å². The number of carbonyl (C=O) groups excluding carboxylic acids is 1. The number of thiophene rings is 1. The van der Waals surface area contributed by atoms with Crippen molar-refractivity contribution in [3.63, 3.8) is 0 Å². The maximum atomic E-state index is 12.6. The number of rotatable bonds is 3. The van der Waals surface area contributed by atoms with Crippen LogP contribution in [0.25, 0.3) is 10.2 Å². The van der Waals surface area contributed by atoms with Gasteiger partial charge in [0.1, 0.15) is 11.2 Å². The quantitative estimate of drug-likeness (QED) is 0.786. The molecule has 6 heteroatoms. The lowest BCUT2D eigenvalue weighted by Crippen LogP contribution is -2.33. The molecule has 2 heterocycles. The van der Waals surface area contributed by atoms with Gasteiger partial charge in [-0.15, -0.1) is 11.3 Å². The van der Waals surface area contributed by atoms with E-state index in [1.165, 1.54) is 39.9 Å². The maximum Gasteiger partial charge on any atom is 0.280 e. The van der Waals surface area contributed by atoms with Crippen LogP contribution >= 0.6 is 11.3 Å². The van der Waals surface area contributed by atoms with Crippen LogP contribution in [0.5, 0.6) is 0 Å². The van der Waals surface area contributed by atoms with Crippen molar-refractivity contribution in [2.75, 3.05) is 5.43 Å². The Morgan fingerprint density at radius 1 is 1.24 bits per heavy atom. The Morgan fingerprint density at radius 2 is 2.04 bits per heavy atom. The molecule has 2 aromatic heterocycles. The molecule has 0 spiro atoms. The molecular formula is C19H19N3O2S. The van der Waals surface area contributed by atoms with Crippen molar-refractivity contribution in [3.05, 3.63) is 62.5 Å². The van der Waals surface area contributed by atoms with Gasteiger partial charge in [-0.2, -0.15) is 0 Å². The fourth-order valence-corrected chi connectivity index (χ4v) is 4.20. The van der Waals surface area contributed by atoms with E-state index >= 15 is 0 Å². The molecule has 0 saturated heterocycles. The van der Waals surface area contributed by atoms with Gasteiger partial charge in [0.05, 0.1) is 5.39 Å². The monoisotopic (exact) mass is 353 g/mol. The highest BCUT2D eigenvalue weighted by Gasteiger charge is 2.14. The Morgan fingerprint density at radius 3 is 2.84 bits per heavy atom. The number of nitrogens with zero attached hydrogens (tertiary/aromatic N) is 2. The summed E-state index contributed by atoms with van der Waals surface area (Å²) in [5.74, 6) is -0.289. The summed E-state index contributed by atoms with van der Waals surface area (Å²) in [6.45, 7) is 2.04. The molecule has 0 radical (unpaired) electrons. The van der Waals surface area contributed by atoms with Gasteiger partial charge in [0.2, 0.25) is 0 Å². The summed E-state index contributed by atoms with van der Waals surface area (Å²) in [6.07, 6.45) is 6.71. The minimum absolute atomic E-state index is 0.243. The second-order valence-electron chi connectivity index (χ2n) is 6.34. The van der Waals surface area contributed by atoms with Gasteiger partial charge < -0.3 is 0 Å². The number of hydrogen-bond donors (Lipinski definition) is 1. The molecule has 0 saturated carbocycles. The predicted molar refractivity (Wildman–Crippen MR) is 100 cm³/mol. The van der Waals surface area contributed by atoms with E-state index in [0.717, 1.165) is 30.6 Å². The second kappa shape index (κ2) is 6.44. The van der Waals surface area contributed by atoms with E-state index in [1.54, 1.807) is 0 Å². The zero-order valence-electron chi connectivity index (χ0n) is 14.0. The van der Waals surface area contributed by atoms with Gasteiger partial charge in [0.15, 0.2) is 0 Å². The highest BCUT2D eigenvalue weighted by atomic mass is 32.1. The fraction of sp³-hybridized carbons (Fsp3) is 0.316. The molecule has 1 amide bonds. The molecule has 0 aliphatic heterocycles. The van der Waals surface area contributed by atoms with Crippen LogP contribution in [0.1, 0.15) is 46.1 Å². The molecule has 1 aromatic carbocycles. The van der Waals surface area contributed by atoms with Crippen molar-refractivity contribution in [1.82, 2.24) is 9.66 Å². The molecule has 0 bridgehead atoms. The summed E-state index contributed by atoms with van der Waals surface area (Å²) in [7, 11) is 0. The molecule has 25 heavy (non-hydrogen) atoms. The number of aryl methyl sites for hydroxylation is 3. The van der Waals surface area contributed by atoms with Crippen LogP contribution in [0.15, 0.2) is 35.4 Å². The van der Waals surface area contributed by atoms with Gasteiger partial charge in [-0.25, -0.2) is 9.66 Å². The van der Waals surface area contributed by atoms with Crippen molar-refractivity contribution in [1.29, 1.82) is 0 Å².